The summed E-state index contributed by atoms with van der Waals surface area (Å²) in [5, 5.41) is 10.9. The molecule has 0 saturated heterocycles. The molecule has 21 heavy (non-hydrogen) atoms. The number of carboxylic acids is 1. The van der Waals surface area contributed by atoms with Gasteiger partial charge in [-0.05, 0) is 42.3 Å². The van der Waals surface area contributed by atoms with Gasteiger partial charge in [0.2, 0.25) is 0 Å². The van der Waals surface area contributed by atoms with Crippen LogP contribution < -0.4 is 0 Å². The van der Waals surface area contributed by atoms with E-state index in [-0.39, 0.29) is 12.5 Å². The first-order valence-electron chi connectivity index (χ1n) is 6.87. The van der Waals surface area contributed by atoms with Crippen molar-refractivity contribution in [2.75, 3.05) is 13.1 Å². The molecule has 1 aliphatic rings. The van der Waals surface area contributed by atoms with Crippen molar-refractivity contribution in [2.45, 2.75) is 12.8 Å². The van der Waals surface area contributed by atoms with Gasteiger partial charge in [-0.3, -0.25) is 9.59 Å². The summed E-state index contributed by atoms with van der Waals surface area (Å²) >= 11 is 1.35. The quantitative estimate of drug-likeness (QED) is 0.891. The van der Waals surface area contributed by atoms with Crippen molar-refractivity contribution < 1.29 is 14.7 Å². The molecule has 1 amide bonds. The Bertz CT molecular complexity index is 644. The zero-order chi connectivity index (χ0) is 14.8. The second-order valence-electron chi connectivity index (χ2n) is 5.25. The normalized spacial score (nSPS) is 14.1. The molecule has 1 aliphatic carbocycles. The summed E-state index contributed by atoms with van der Waals surface area (Å²) in [4.78, 5) is 25.7. The molecule has 2 heterocycles. The molecule has 2 aromatic rings. The Morgan fingerprint density at radius 3 is 2.67 bits per heavy atom. The van der Waals surface area contributed by atoms with Crippen LogP contribution in [0.25, 0.3) is 5.69 Å². The van der Waals surface area contributed by atoms with Gasteiger partial charge in [-0.15, -0.1) is 11.3 Å². The van der Waals surface area contributed by atoms with Gasteiger partial charge in [0.1, 0.15) is 11.4 Å². The van der Waals surface area contributed by atoms with Crippen LogP contribution in [0.4, 0.5) is 0 Å². The molecule has 0 aromatic carbocycles. The Morgan fingerprint density at radius 2 is 2.05 bits per heavy atom. The molecule has 0 aliphatic heterocycles. The molecule has 3 rings (SSSR count). The standard InChI is InChI=1S/C15H16N2O3S/c18-13(19)10-17(9-11-3-4-11)15(20)14-12(5-8-21-14)16-6-1-2-7-16/h1-2,5-8,11H,3-4,9-10H2,(H,18,19). The smallest absolute Gasteiger partial charge is 0.323 e. The fourth-order valence-corrected chi connectivity index (χ4v) is 3.16. The summed E-state index contributed by atoms with van der Waals surface area (Å²) in [6.07, 6.45) is 5.92. The first-order chi connectivity index (χ1) is 10.1. The zero-order valence-corrected chi connectivity index (χ0v) is 12.3. The number of carboxylic acid groups (broad SMARTS) is 1. The number of amides is 1. The van der Waals surface area contributed by atoms with E-state index in [0.717, 1.165) is 18.5 Å². The van der Waals surface area contributed by atoms with E-state index in [9.17, 15) is 9.59 Å². The lowest BCUT2D eigenvalue weighted by molar-refractivity contribution is -0.137. The maximum atomic E-state index is 12.7. The summed E-state index contributed by atoms with van der Waals surface area (Å²) in [7, 11) is 0. The minimum atomic E-state index is -0.969. The average Bonchev–Trinajstić information content (AvgIpc) is 2.96. The molecule has 5 nitrogen and oxygen atoms in total. The largest absolute Gasteiger partial charge is 0.480 e. The highest BCUT2D eigenvalue weighted by Crippen LogP contribution is 2.31. The molecule has 0 bridgehead atoms. The fourth-order valence-electron chi connectivity index (χ4n) is 2.30. The van der Waals surface area contributed by atoms with E-state index in [4.69, 9.17) is 5.11 Å². The molecular formula is C15H16N2O3S. The molecular weight excluding hydrogens is 288 g/mol. The van der Waals surface area contributed by atoms with Crippen LogP contribution in [0.1, 0.15) is 22.5 Å². The summed E-state index contributed by atoms with van der Waals surface area (Å²) in [5.41, 5.74) is 0.807. The van der Waals surface area contributed by atoms with E-state index in [2.05, 4.69) is 0 Å². The van der Waals surface area contributed by atoms with E-state index in [1.165, 1.54) is 16.2 Å². The number of aromatic nitrogens is 1. The molecule has 110 valence electrons. The molecule has 0 atom stereocenters. The monoisotopic (exact) mass is 304 g/mol. The number of hydrogen-bond acceptors (Lipinski definition) is 3. The third-order valence-corrected chi connectivity index (χ3v) is 4.40. The number of carbonyl (C=O) groups excluding carboxylic acids is 1. The second-order valence-corrected chi connectivity index (χ2v) is 6.16. The van der Waals surface area contributed by atoms with Crippen molar-refractivity contribution in [2.24, 2.45) is 5.92 Å². The van der Waals surface area contributed by atoms with Gasteiger partial charge in [0.15, 0.2) is 0 Å². The molecule has 1 fully saturated rings. The van der Waals surface area contributed by atoms with Crippen molar-refractivity contribution in [3.63, 3.8) is 0 Å². The van der Waals surface area contributed by atoms with Crippen LogP contribution in [-0.2, 0) is 4.79 Å². The van der Waals surface area contributed by atoms with Gasteiger partial charge in [0.05, 0.1) is 5.69 Å². The predicted octanol–water partition coefficient (Wildman–Crippen LogP) is 2.48. The maximum absolute atomic E-state index is 12.7. The number of nitrogens with zero attached hydrogens (tertiary/aromatic N) is 2. The summed E-state index contributed by atoms with van der Waals surface area (Å²) in [5.74, 6) is -0.700. The third kappa shape index (κ3) is 3.16. The van der Waals surface area contributed by atoms with Crippen LogP contribution in [0, 0.1) is 5.92 Å². The molecule has 0 unspecified atom stereocenters. The number of rotatable bonds is 6. The van der Waals surface area contributed by atoms with Crippen LogP contribution in [0.5, 0.6) is 0 Å². The van der Waals surface area contributed by atoms with Gasteiger partial charge in [-0.25, -0.2) is 0 Å². The Balaban J connectivity index is 1.85. The topological polar surface area (TPSA) is 62.5 Å². The second kappa shape index (κ2) is 5.73. The van der Waals surface area contributed by atoms with E-state index in [1.807, 2.05) is 40.5 Å². The Hall–Kier alpha value is -2.08. The third-order valence-electron chi connectivity index (χ3n) is 3.51. The minimum absolute atomic E-state index is 0.192. The lowest BCUT2D eigenvalue weighted by atomic mass is 10.3. The van der Waals surface area contributed by atoms with E-state index in [0.29, 0.717) is 17.3 Å². The van der Waals surface area contributed by atoms with Gasteiger partial charge in [-0.2, -0.15) is 0 Å². The van der Waals surface area contributed by atoms with Crippen LogP contribution in [0.3, 0.4) is 0 Å². The van der Waals surface area contributed by atoms with Crippen molar-refractivity contribution >= 4 is 23.2 Å². The maximum Gasteiger partial charge on any atom is 0.323 e. The minimum Gasteiger partial charge on any atom is -0.480 e. The van der Waals surface area contributed by atoms with E-state index in [1.54, 1.807) is 0 Å². The van der Waals surface area contributed by atoms with Crippen molar-refractivity contribution in [1.82, 2.24) is 9.47 Å². The summed E-state index contributed by atoms with van der Waals surface area (Å²) in [6, 6.07) is 5.67. The lowest BCUT2D eigenvalue weighted by Gasteiger charge is -2.20. The van der Waals surface area contributed by atoms with Crippen LogP contribution >= 0.6 is 11.3 Å². The first-order valence-corrected chi connectivity index (χ1v) is 7.75. The number of thiophene rings is 1. The fraction of sp³-hybridized carbons (Fsp3) is 0.333. The van der Waals surface area contributed by atoms with Crippen LogP contribution in [0.15, 0.2) is 36.0 Å². The molecule has 1 N–H and O–H groups in total. The van der Waals surface area contributed by atoms with Gasteiger partial charge < -0.3 is 14.6 Å². The Morgan fingerprint density at radius 1 is 1.33 bits per heavy atom. The molecule has 6 heteroatoms. The molecule has 0 radical (unpaired) electrons. The predicted molar refractivity (Wildman–Crippen MR) is 79.9 cm³/mol. The van der Waals surface area contributed by atoms with Crippen molar-refractivity contribution in [3.8, 4) is 5.69 Å². The zero-order valence-electron chi connectivity index (χ0n) is 11.4. The molecule has 1 saturated carbocycles. The van der Waals surface area contributed by atoms with Crippen molar-refractivity contribution in [1.29, 1.82) is 0 Å². The van der Waals surface area contributed by atoms with Crippen LogP contribution in [0.2, 0.25) is 0 Å². The lowest BCUT2D eigenvalue weighted by Crippen LogP contribution is -2.37. The SMILES string of the molecule is O=C(O)CN(CC1CC1)C(=O)c1sccc1-n1cccc1. The van der Waals surface area contributed by atoms with E-state index >= 15 is 0 Å². The summed E-state index contributed by atoms with van der Waals surface area (Å²) < 4.78 is 1.87. The van der Waals surface area contributed by atoms with Gasteiger partial charge >= 0.3 is 5.97 Å². The highest BCUT2D eigenvalue weighted by atomic mass is 32.1. The average molecular weight is 304 g/mol. The van der Waals surface area contributed by atoms with Crippen molar-refractivity contribution in [3.05, 3.63) is 40.8 Å². The number of hydrogen-bond donors (Lipinski definition) is 1. The van der Waals surface area contributed by atoms with E-state index < -0.39 is 5.97 Å². The van der Waals surface area contributed by atoms with Gasteiger partial charge in [0, 0.05) is 18.9 Å². The number of aliphatic carboxylic acids is 1. The van der Waals surface area contributed by atoms with Gasteiger partial charge in [0.25, 0.3) is 5.91 Å². The number of carbonyl (C=O) groups is 2. The Kier molecular flexibility index (Phi) is 3.79. The molecule has 2 aromatic heterocycles. The summed E-state index contributed by atoms with van der Waals surface area (Å²) in [6.45, 7) is 0.298. The highest BCUT2D eigenvalue weighted by molar-refractivity contribution is 7.12. The van der Waals surface area contributed by atoms with Crippen LogP contribution in [-0.4, -0.2) is 39.5 Å². The first kappa shape index (κ1) is 13.9. The molecule has 0 spiro atoms. The highest BCUT2D eigenvalue weighted by Gasteiger charge is 2.30. The van der Waals surface area contributed by atoms with Gasteiger partial charge in [-0.1, -0.05) is 0 Å². The Labute approximate surface area is 126 Å².